The summed E-state index contributed by atoms with van der Waals surface area (Å²) >= 11 is 0. The molecule has 0 saturated heterocycles. The predicted molar refractivity (Wildman–Crippen MR) is 84.6 cm³/mol. The molecule has 0 amide bonds. The topological polar surface area (TPSA) is 89.8 Å². The molecule has 1 heterocycles. The van der Waals surface area contributed by atoms with Gasteiger partial charge in [0.2, 0.25) is 0 Å². The highest BCUT2D eigenvalue weighted by Crippen LogP contribution is 2.36. The molecule has 0 radical (unpaired) electrons. The number of rotatable bonds is 2. The summed E-state index contributed by atoms with van der Waals surface area (Å²) < 4.78 is 70.0. The molecule has 2 aromatic rings. The van der Waals surface area contributed by atoms with Gasteiger partial charge in [-0.15, -0.1) is 0 Å². The van der Waals surface area contributed by atoms with Crippen molar-refractivity contribution in [3.8, 4) is 5.75 Å². The molecule has 0 aromatic heterocycles. The van der Waals surface area contributed by atoms with Gasteiger partial charge in [0.15, 0.2) is 0 Å². The van der Waals surface area contributed by atoms with Gasteiger partial charge >= 0.3 is 6.18 Å². The number of nitro groups is 1. The summed E-state index contributed by atoms with van der Waals surface area (Å²) in [5, 5.41) is 10.9. The molecule has 0 fully saturated rings. The molecule has 138 valence electrons. The SMILES string of the molecule is O=[N+]([O-])c1ccc2c(c1)S(=O)(=O)N(c1ccc(C(F)(F)F)cc1)CCO2. The van der Waals surface area contributed by atoms with E-state index >= 15 is 0 Å². The van der Waals surface area contributed by atoms with Gasteiger partial charge in [-0.2, -0.15) is 13.2 Å². The Labute approximate surface area is 145 Å². The summed E-state index contributed by atoms with van der Waals surface area (Å²) in [5.41, 5.74) is -1.35. The monoisotopic (exact) mass is 388 g/mol. The normalized spacial score (nSPS) is 16.3. The Morgan fingerprint density at radius 2 is 1.77 bits per heavy atom. The van der Waals surface area contributed by atoms with Gasteiger partial charge in [0, 0.05) is 12.1 Å². The van der Waals surface area contributed by atoms with Crippen LogP contribution in [0, 0.1) is 10.1 Å². The lowest BCUT2D eigenvalue weighted by atomic mass is 10.2. The summed E-state index contributed by atoms with van der Waals surface area (Å²) in [7, 11) is -4.25. The number of ether oxygens (including phenoxy) is 1. The van der Waals surface area contributed by atoms with Gasteiger partial charge in [-0.1, -0.05) is 0 Å². The number of anilines is 1. The zero-order chi connectivity index (χ0) is 19.1. The quantitative estimate of drug-likeness (QED) is 0.582. The van der Waals surface area contributed by atoms with Crippen molar-refractivity contribution in [1.29, 1.82) is 0 Å². The van der Waals surface area contributed by atoms with E-state index in [9.17, 15) is 31.7 Å². The Hall–Kier alpha value is -2.82. The van der Waals surface area contributed by atoms with Gasteiger partial charge in [0.25, 0.3) is 15.7 Å². The van der Waals surface area contributed by atoms with Crippen LogP contribution in [0.2, 0.25) is 0 Å². The molecule has 0 atom stereocenters. The average molecular weight is 388 g/mol. The van der Waals surface area contributed by atoms with Crippen molar-refractivity contribution < 1.29 is 31.2 Å². The molecule has 1 aliphatic heterocycles. The predicted octanol–water partition coefficient (Wildman–Crippen LogP) is 3.20. The molecule has 0 aliphatic carbocycles. The highest BCUT2D eigenvalue weighted by molar-refractivity contribution is 7.93. The maximum Gasteiger partial charge on any atom is 0.416 e. The molecule has 3 rings (SSSR count). The summed E-state index contributed by atoms with van der Waals surface area (Å²) in [5.74, 6) is -0.0509. The lowest BCUT2D eigenvalue weighted by molar-refractivity contribution is -0.385. The lowest BCUT2D eigenvalue weighted by Gasteiger charge is -2.22. The molecule has 0 saturated carbocycles. The number of halogens is 3. The summed E-state index contributed by atoms with van der Waals surface area (Å²) in [6, 6.07) is 6.76. The van der Waals surface area contributed by atoms with Crippen LogP contribution < -0.4 is 9.04 Å². The van der Waals surface area contributed by atoms with Crippen molar-refractivity contribution in [2.75, 3.05) is 17.5 Å². The van der Waals surface area contributed by atoms with E-state index in [0.29, 0.717) is 0 Å². The summed E-state index contributed by atoms with van der Waals surface area (Å²) in [6.45, 7) is -0.221. The van der Waals surface area contributed by atoms with E-state index in [4.69, 9.17) is 4.74 Å². The Morgan fingerprint density at radius 1 is 1.12 bits per heavy atom. The minimum Gasteiger partial charge on any atom is -0.490 e. The number of benzene rings is 2. The zero-order valence-electron chi connectivity index (χ0n) is 12.9. The van der Waals surface area contributed by atoms with Crippen LogP contribution in [-0.2, 0) is 16.2 Å². The van der Waals surface area contributed by atoms with E-state index in [1.165, 1.54) is 6.07 Å². The largest absolute Gasteiger partial charge is 0.490 e. The molecule has 2 aromatic carbocycles. The van der Waals surface area contributed by atoms with Crippen LogP contribution >= 0.6 is 0 Å². The van der Waals surface area contributed by atoms with E-state index in [0.717, 1.165) is 40.7 Å². The van der Waals surface area contributed by atoms with Crippen molar-refractivity contribution in [1.82, 2.24) is 0 Å². The number of sulfonamides is 1. The fraction of sp³-hybridized carbons (Fsp3) is 0.200. The fourth-order valence-corrected chi connectivity index (χ4v) is 4.10. The first-order valence-corrected chi connectivity index (χ1v) is 8.66. The van der Waals surface area contributed by atoms with E-state index in [1.54, 1.807) is 0 Å². The first kappa shape index (κ1) is 18.0. The zero-order valence-corrected chi connectivity index (χ0v) is 13.7. The molecular formula is C15H11F3N2O5S. The van der Waals surface area contributed by atoms with Gasteiger partial charge in [0.05, 0.1) is 22.7 Å². The van der Waals surface area contributed by atoms with E-state index < -0.39 is 37.3 Å². The molecule has 0 bridgehead atoms. The third-order valence-corrected chi connectivity index (χ3v) is 5.59. The van der Waals surface area contributed by atoms with E-state index in [-0.39, 0.29) is 24.6 Å². The molecule has 0 N–H and O–H groups in total. The molecule has 0 unspecified atom stereocenters. The number of non-ortho nitro benzene ring substituents is 1. The van der Waals surface area contributed by atoms with Crippen molar-refractivity contribution >= 4 is 21.4 Å². The van der Waals surface area contributed by atoms with Gasteiger partial charge in [-0.05, 0) is 30.3 Å². The van der Waals surface area contributed by atoms with E-state index in [1.807, 2.05) is 0 Å². The van der Waals surface area contributed by atoms with Crippen LogP contribution in [0.5, 0.6) is 5.75 Å². The number of fused-ring (bicyclic) bond motifs is 1. The number of nitrogens with zero attached hydrogens (tertiary/aromatic N) is 2. The lowest BCUT2D eigenvalue weighted by Crippen LogP contribution is -2.32. The third-order valence-electron chi connectivity index (χ3n) is 3.74. The van der Waals surface area contributed by atoms with Crippen LogP contribution in [0.15, 0.2) is 47.4 Å². The highest BCUT2D eigenvalue weighted by atomic mass is 32.2. The smallest absolute Gasteiger partial charge is 0.416 e. The molecule has 11 heteroatoms. The van der Waals surface area contributed by atoms with Crippen molar-refractivity contribution in [2.24, 2.45) is 0 Å². The Morgan fingerprint density at radius 3 is 2.35 bits per heavy atom. The van der Waals surface area contributed by atoms with Crippen molar-refractivity contribution in [2.45, 2.75) is 11.1 Å². The van der Waals surface area contributed by atoms with Crippen LogP contribution in [0.25, 0.3) is 0 Å². The van der Waals surface area contributed by atoms with E-state index in [2.05, 4.69) is 0 Å². The summed E-state index contributed by atoms with van der Waals surface area (Å²) in [6.07, 6.45) is -4.55. The second-order valence-corrected chi connectivity index (χ2v) is 7.19. The first-order chi connectivity index (χ1) is 12.1. The van der Waals surface area contributed by atoms with Gasteiger partial charge < -0.3 is 4.74 Å². The highest BCUT2D eigenvalue weighted by Gasteiger charge is 2.34. The molecule has 0 spiro atoms. The number of hydrogen-bond donors (Lipinski definition) is 0. The van der Waals surface area contributed by atoms with Crippen LogP contribution in [0.3, 0.4) is 0 Å². The molecule has 1 aliphatic rings. The van der Waals surface area contributed by atoms with Gasteiger partial charge in [-0.3, -0.25) is 14.4 Å². The Balaban J connectivity index is 2.07. The number of nitro benzene ring substituents is 1. The van der Waals surface area contributed by atoms with Crippen LogP contribution in [-0.4, -0.2) is 26.5 Å². The Bertz CT molecular complexity index is 958. The van der Waals surface area contributed by atoms with Crippen LogP contribution in [0.1, 0.15) is 5.56 Å². The molecule has 26 heavy (non-hydrogen) atoms. The number of hydrogen-bond acceptors (Lipinski definition) is 5. The molecule has 7 nitrogen and oxygen atoms in total. The van der Waals surface area contributed by atoms with Crippen molar-refractivity contribution in [3.63, 3.8) is 0 Å². The maximum atomic E-state index is 12.9. The second kappa shape index (κ2) is 6.16. The summed E-state index contributed by atoms with van der Waals surface area (Å²) in [4.78, 5) is 9.76. The third kappa shape index (κ3) is 3.17. The minimum atomic E-state index is -4.55. The van der Waals surface area contributed by atoms with Crippen molar-refractivity contribution in [3.05, 3.63) is 58.1 Å². The van der Waals surface area contributed by atoms with Gasteiger partial charge in [-0.25, -0.2) is 8.42 Å². The Kier molecular flexibility index (Phi) is 4.26. The maximum absolute atomic E-state index is 12.9. The molecular weight excluding hydrogens is 377 g/mol. The fourth-order valence-electron chi connectivity index (χ4n) is 2.49. The minimum absolute atomic E-state index is 0.000885. The standard InChI is InChI=1S/C15H11F3N2O5S/c16-15(17,18)10-1-3-11(4-2-10)19-7-8-25-13-6-5-12(20(21)22)9-14(13)26(19,23)24/h1-6,9H,7-8H2. The van der Waals surface area contributed by atoms with Crippen LogP contribution in [0.4, 0.5) is 24.5 Å². The first-order valence-electron chi connectivity index (χ1n) is 7.22. The average Bonchev–Trinajstić information content (AvgIpc) is 2.70. The second-order valence-electron chi connectivity index (χ2n) is 5.36. The number of alkyl halides is 3. The van der Waals surface area contributed by atoms with Gasteiger partial charge in [0.1, 0.15) is 17.3 Å².